The Morgan fingerprint density at radius 3 is 2.68 bits per heavy atom. The molecule has 0 spiro atoms. The van der Waals surface area contributed by atoms with Crippen LogP contribution in [0.5, 0.6) is 0 Å². The number of likely N-dealkylation sites (tertiary alicyclic amines) is 1. The number of aromatic nitrogens is 1. The van der Waals surface area contributed by atoms with E-state index in [-0.39, 0.29) is 29.9 Å². The molecular formula is C18H30IN5O. The van der Waals surface area contributed by atoms with Crippen molar-refractivity contribution in [3.05, 3.63) is 30.1 Å². The molecule has 25 heavy (non-hydrogen) atoms. The Bertz CT molecular complexity index is 530. The summed E-state index contributed by atoms with van der Waals surface area (Å²) in [5.74, 6) is 1.72. The van der Waals surface area contributed by atoms with Crippen molar-refractivity contribution in [2.24, 2.45) is 10.9 Å². The fourth-order valence-electron chi connectivity index (χ4n) is 2.92. The van der Waals surface area contributed by atoms with Crippen LogP contribution in [0.4, 0.5) is 0 Å². The van der Waals surface area contributed by atoms with Crippen molar-refractivity contribution < 1.29 is 4.79 Å². The molecule has 0 radical (unpaired) electrons. The van der Waals surface area contributed by atoms with Gasteiger partial charge in [-0.15, -0.1) is 24.0 Å². The van der Waals surface area contributed by atoms with E-state index < -0.39 is 0 Å². The molecule has 1 saturated heterocycles. The second-order valence-corrected chi connectivity index (χ2v) is 6.18. The minimum atomic E-state index is 0. The van der Waals surface area contributed by atoms with Crippen molar-refractivity contribution in [3.63, 3.8) is 0 Å². The summed E-state index contributed by atoms with van der Waals surface area (Å²) in [7, 11) is 0. The van der Waals surface area contributed by atoms with Crippen molar-refractivity contribution >= 4 is 35.8 Å². The molecule has 140 valence electrons. The van der Waals surface area contributed by atoms with Crippen LogP contribution in [0.2, 0.25) is 0 Å². The number of carbonyl (C=O) groups excluding carboxylic acids is 1. The zero-order chi connectivity index (χ0) is 17.2. The first-order valence-electron chi connectivity index (χ1n) is 8.86. The summed E-state index contributed by atoms with van der Waals surface area (Å²) < 4.78 is 0. The molecule has 6 nitrogen and oxygen atoms in total. The largest absolute Gasteiger partial charge is 0.357 e. The SMILES string of the molecule is CCNC(=NCc1ccccn1)NCCC1CCN(C(C)=O)CC1.I. The highest BCUT2D eigenvalue weighted by Crippen LogP contribution is 2.19. The number of amides is 1. The molecule has 2 heterocycles. The molecule has 2 N–H and O–H groups in total. The van der Waals surface area contributed by atoms with Gasteiger partial charge in [0.1, 0.15) is 0 Å². The highest BCUT2D eigenvalue weighted by atomic mass is 127. The maximum Gasteiger partial charge on any atom is 0.219 e. The number of hydrogen-bond acceptors (Lipinski definition) is 3. The number of nitrogens with one attached hydrogen (secondary N) is 2. The van der Waals surface area contributed by atoms with Crippen LogP contribution in [0.1, 0.15) is 38.8 Å². The van der Waals surface area contributed by atoms with Gasteiger partial charge in [0.15, 0.2) is 5.96 Å². The summed E-state index contributed by atoms with van der Waals surface area (Å²) in [6.07, 6.45) is 5.10. The molecule has 1 amide bonds. The molecule has 1 aliphatic heterocycles. The topological polar surface area (TPSA) is 69.6 Å². The first kappa shape index (κ1) is 21.7. The Morgan fingerprint density at radius 2 is 2.08 bits per heavy atom. The summed E-state index contributed by atoms with van der Waals surface area (Å²) in [4.78, 5) is 22.2. The number of guanidine groups is 1. The summed E-state index contributed by atoms with van der Waals surface area (Å²) in [5, 5.41) is 6.67. The van der Waals surface area contributed by atoms with Gasteiger partial charge in [-0.25, -0.2) is 4.99 Å². The van der Waals surface area contributed by atoms with Crippen molar-refractivity contribution in [1.82, 2.24) is 20.5 Å². The molecule has 0 aliphatic carbocycles. The van der Waals surface area contributed by atoms with Gasteiger partial charge in [0.05, 0.1) is 12.2 Å². The van der Waals surface area contributed by atoms with Crippen LogP contribution in [0.3, 0.4) is 0 Å². The van der Waals surface area contributed by atoms with E-state index in [9.17, 15) is 4.79 Å². The minimum absolute atomic E-state index is 0. The molecular weight excluding hydrogens is 429 g/mol. The lowest BCUT2D eigenvalue weighted by atomic mass is 9.93. The Kier molecular flexibility index (Phi) is 10.4. The number of aliphatic imine (C=N–C) groups is 1. The molecule has 7 heteroatoms. The number of nitrogens with zero attached hydrogens (tertiary/aromatic N) is 3. The van der Waals surface area contributed by atoms with Crippen LogP contribution in [-0.2, 0) is 11.3 Å². The van der Waals surface area contributed by atoms with Gasteiger partial charge in [0, 0.05) is 39.3 Å². The second kappa shape index (κ2) is 12.1. The lowest BCUT2D eigenvalue weighted by molar-refractivity contribution is -0.130. The molecule has 0 saturated carbocycles. The van der Waals surface area contributed by atoms with E-state index in [2.05, 4.69) is 27.5 Å². The van der Waals surface area contributed by atoms with E-state index in [1.165, 1.54) is 0 Å². The van der Waals surface area contributed by atoms with Crippen LogP contribution < -0.4 is 10.6 Å². The first-order chi connectivity index (χ1) is 11.7. The fraction of sp³-hybridized carbons (Fsp3) is 0.611. The van der Waals surface area contributed by atoms with E-state index in [1.54, 1.807) is 13.1 Å². The monoisotopic (exact) mass is 459 g/mol. The molecule has 2 rings (SSSR count). The normalized spacial score (nSPS) is 15.4. The van der Waals surface area contributed by atoms with E-state index in [1.807, 2.05) is 23.1 Å². The van der Waals surface area contributed by atoms with Crippen LogP contribution >= 0.6 is 24.0 Å². The quantitative estimate of drug-likeness (QED) is 0.390. The Morgan fingerprint density at radius 1 is 1.32 bits per heavy atom. The molecule has 0 atom stereocenters. The maximum absolute atomic E-state index is 11.4. The highest BCUT2D eigenvalue weighted by molar-refractivity contribution is 14.0. The zero-order valence-corrected chi connectivity index (χ0v) is 17.5. The van der Waals surface area contributed by atoms with Gasteiger partial charge < -0.3 is 15.5 Å². The number of piperidine rings is 1. The number of halogens is 1. The summed E-state index contributed by atoms with van der Waals surface area (Å²) in [6.45, 7) is 7.83. The third kappa shape index (κ3) is 8.02. The smallest absolute Gasteiger partial charge is 0.219 e. The summed E-state index contributed by atoms with van der Waals surface area (Å²) in [5.41, 5.74) is 0.964. The van der Waals surface area contributed by atoms with Crippen molar-refractivity contribution in [2.75, 3.05) is 26.2 Å². The Balaban J connectivity index is 0.00000312. The second-order valence-electron chi connectivity index (χ2n) is 6.18. The fourth-order valence-corrected chi connectivity index (χ4v) is 2.92. The van der Waals surface area contributed by atoms with Gasteiger partial charge in [0.25, 0.3) is 0 Å². The minimum Gasteiger partial charge on any atom is -0.357 e. The highest BCUT2D eigenvalue weighted by Gasteiger charge is 2.20. The van der Waals surface area contributed by atoms with Gasteiger partial charge >= 0.3 is 0 Å². The zero-order valence-electron chi connectivity index (χ0n) is 15.2. The standard InChI is InChI=1S/C18H29N5O.HI/c1-3-19-18(22-14-17-6-4-5-10-20-17)21-11-7-16-8-12-23(13-9-16)15(2)24;/h4-6,10,16H,3,7-9,11-14H2,1-2H3,(H2,19,21,22);1H. The van der Waals surface area contributed by atoms with Crippen LogP contribution in [0.15, 0.2) is 29.4 Å². The van der Waals surface area contributed by atoms with E-state index >= 15 is 0 Å². The molecule has 1 aromatic heterocycles. The third-order valence-electron chi connectivity index (χ3n) is 4.37. The number of hydrogen-bond donors (Lipinski definition) is 2. The van der Waals surface area contributed by atoms with Crippen LogP contribution in [0.25, 0.3) is 0 Å². The molecule has 1 aliphatic rings. The van der Waals surface area contributed by atoms with Gasteiger partial charge in [-0.1, -0.05) is 6.07 Å². The van der Waals surface area contributed by atoms with Gasteiger partial charge in [0.2, 0.25) is 5.91 Å². The van der Waals surface area contributed by atoms with E-state index in [0.717, 1.165) is 57.1 Å². The lowest BCUT2D eigenvalue weighted by Gasteiger charge is -2.31. The first-order valence-corrected chi connectivity index (χ1v) is 8.86. The van der Waals surface area contributed by atoms with Gasteiger partial charge in [-0.3, -0.25) is 9.78 Å². The molecule has 0 unspecified atom stereocenters. The Labute approximate surface area is 167 Å². The van der Waals surface area contributed by atoms with Crippen molar-refractivity contribution in [3.8, 4) is 0 Å². The summed E-state index contributed by atoms with van der Waals surface area (Å²) in [6, 6.07) is 5.87. The van der Waals surface area contributed by atoms with Gasteiger partial charge in [-0.2, -0.15) is 0 Å². The average Bonchev–Trinajstić information content (AvgIpc) is 2.61. The molecule has 1 fully saturated rings. The predicted octanol–water partition coefficient (Wildman–Crippen LogP) is 2.40. The third-order valence-corrected chi connectivity index (χ3v) is 4.37. The summed E-state index contributed by atoms with van der Waals surface area (Å²) >= 11 is 0. The van der Waals surface area contributed by atoms with Crippen molar-refractivity contribution in [2.45, 2.75) is 39.7 Å². The van der Waals surface area contributed by atoms with Crippen LogP contribution in [-0.4, -0.2) is 47.9 Å². The molecule has 1 aromatic rings. The molecule has 0 aromatic carbocycles. The predicted molar refractivity (Wildman–Crippen MR) is 112 cm³/mol. The average molecular weight is 459 g/mol. The Hall–Kier alpha value is -1.38. The van der Waals surface area contributed by atoms with Gasteiger partial charge in [-0.05, 0) is 44.2 Å². The lowest BCUT2D eigenvalue weighted by Crippen LogP contribution is -2.40. The van der Waals surface area contributed by atoms with Crippen LogP contribution in [0, 0.1) is 5.92 Å². The van der Waals surface area contributed by atoms with E-state index in [0.29, 0.717) is 12.5 Å². The van der Waals surface area contributed by atoms with Crippen molar-refractivity contribution in [1.29, 1.82) is 0 Å². The number of rotatable bonds is 6. The molecule has 0 bridgehead atoms. The number of pyridine rings is 1. The van der Waals surface area contributed by atoms with E-state index in [4.69, 9.17) is 0 Å². The number of carbonyl (C=O) groups is 1. The maximum atomic E-state index is 11.4.